The molecule has 1 fully saturated rings. The predicted octanol–water partition coefficient (Wildman–Crippen LogP) is 3.35. The summed E-state index contributed by atoms with van der Waals surface area (Å²) in [7, 11) is 1.60. The zero-order chi connectivity index (χ0) is 19.7. The van der Waals surface area contributed by atoms with Crippen LogP contribution in [-0.4, -0.2) is 45.8 Å². The van der Waals surface area contributed by atoms with Gasteiger partial charge >= 0.3 is 0 Å². The predicted molar refractivity (Wildman–Crippen MR) is 102 cm³/mol. The molecule has 0 bridgehead atoms. The number of nitrogens with zero attached hydrogens (tertiary/aromatic N) is 3. The first-order valence-corrected chi connectivity index (χ1v) is 9.15. The van der Waals surface area contributed by atoms with Crippen LogP contribution < -0.4 is 4.74 Å². The summed E-state index contributed by atoms with van der Waals surface area (Å²) in [4.78, 5) is 18.9. The van der Waals surface area contributed by atoms with Crippen LogP contribution in [0.3, 0.4) is 0 Å². The number of rotatable bonds is 4. The minimum atomic E-state index is -0.655. The number of benzene rings is 2. The number of ether oxygens (including phenoxy) is 1. The van der Waals surface area contributed by atoms with Crippen LogP contribution in [0.5, 0.6) is 5.75 Å². The van der Waals surface area contributed by atoms with E-state index in [2.05, 4.69) is 10.1 Å². The van der Waals surface area contributed by atoms with E-state index in [9.17, 15) is 9.90 Å². The zero-order valence-electron chi connectivity index (χ0n) is 15.1. The molecule has 28 heavy (non-hydrogen) atoms. The smallest absolute Gasteiger partial charge is 0.254 e. The Morgan fingerprint density at radius 2 is 1.93 bits per heavy atom. The van der Waals surface area contributed by atoms with Gasteiger partial charge in [0.05, 0.1) is 13.2 Å². The van der Waals surface area contributed by atoms with E-state index in [1.807, 2.05) is 12.1 Å². The summed E-state index contributed by atoms with van der Waals surface area (Å²) in [5.74, 6) is 1.22. The minimum absolute atomic E-state index is 0.201. The number of methoxy groups -OCH3 is 1. The van der Waals surface area contributed by atoms with Crippen molar-refractivity contribution in [3.8, 4) is 17.1 Å². The number of likely N-dealkylation sites (tertiary alicyclic amines) is 1. The number of amides is 1. The molecule has 1 saturated heterocycles. The van der Waals surface area contributed by atoms with Crippen LogP contribution in [0.2, 0.25) is 5.02 Å². The van der Waals surface area contributed by atoms with E-state index in [-0.39, 0.29) is 12.5 Å². The van der Waals surface area contributed by atoms with Crippen LogP contribution in [-0.2, 0) is 0 Å². The first-order valence-electron chi connectivity index (χ1n) is 8.78. The second kappa shape index (κ2) is 7.61. The third-order valence-electron chi connectivity index (χ3n) is 4.71. The van der Waals surface area contributed by atoms with Gasteiger partial charge in [0, 0.05) is 29.1 Å². The molecule has 144 valence electrons. The Labute approximate surface area is 166 Å². The number of hydrogen-bond donors (Lipinski definition) is 1. The highest BCUT2D eigenvalue weighted by Crippen LogP contribution is 2.33. The van der Waals surface area contributed by atoms with Gasteiger partial charge in [0.1, 0.15) is 11.8 Å². The summed E-state index contributed by atoms with van der Waals surface area (Å²) in [5.41, 5.74) is 1.25. The van der Waals surface area contributed by atoms with E-state index in [0.29, 0.717) is 28.7 Å². The van der Waals surface area contributed by atoms with Crippen molar-refractivity contribution in [3.05, 3.63) is 65.0 Å². The second-order valence-electron chi connectivity index (χ2n) is 6.55. The largest absolute Gasteiger partial charge is 0.497 e. The summed E-state index contributed by atoms with van der Waals surface area (Å²) in [5, 5.41) is 14.7. The summed E-state index contributed by atoms with van der Waals surface area (Å²) in [6, 6.07) is 13.4. The maximum absolute atomic E-state index is 12.9. The summed E-state index contributed by atoms with van der Waals surface area (Å²) in [6.45, 7) is 0.201. The van der Waals surface area contributed by atoms with E-state index in [4.69, 9.17) is 20.9 Å². The van der Waals surface area contributed by atoms with Crippen molar-refractivity contribution < 1.29 is 19.2 Å². The van der Waals surface area contributed by atoms with E-state index in [1.165, 1.54) is 0 Å². The van der Waals surface area contributed by atoms with Gasteiger partial charge < -0.3 is 19.3 Å². The van der Waals surface area contributed by atoms with Gasteiger partial charge in [-0.1, -0.05) is 16.8 Å². The summed E-state index contributed by atoms with van der Waals surface area (Å²) in [6.07, 6.45) is -0.318. The van der Waals surface area contributed by atoms with Crippen molar-refractivity contribution in [2.75, 3.05) is 13.7 Å². The van der Waals surface area contributed by atoms with Crippen LogP contribution in [0.15, 0.2) is 53.1 Å². The standard InChI is InChI=1S/C20H18ClN3O4/c1-27-16-8-4-12(5-9-16)18-22-19(28-23-18)17-10-15(25)11-24(17)20(26)13-2-6-14(21)7-3-13/h2-9,15,17,25H,10-11H2,1H3/t15-,17+/m1/s1. The Morgan fingerprint density at radius 1 is 1.21 bits per heavy atom. The molecule has 0 radical (unpaired) electrons. The molecule has 1 aromatic heterocycles. The first kappa shape index (κ1) is 18.5. The maximum atomic E-state index is 12.9. The molecule has 0 aliphatic carbocycles. The van der Waals surface area contributed by atoms with Crippen LogP contribution in [0.25, 0.3) is 11.4 Å². The molecule has 2 aromatic carbocycles. The number of carbonyl (C=O) groups is 1. The lowest BCUT2D eigenvalue weighted by molar-refractivity contribution is 0.0693. The van der Waals surface area contributed by atoms with Gasteiger partial charge in [-0.25, -0.2) is 0 Å². The van der Waals surface area contributed by atoms with Crippen molar-refractivity contribution in [3.63, 3.8) is 0 Å². The summed E-state index contributed by atoms with van der Waals surface area (Å²) >= 11 is 5.90. The molecule has 7 nitrogen and oxygen atoms in total. The van der Waals surface area contributed by atoms with Gasteiger partial charge in [0.25, 0.3) is 5.91 Å². The SMILES string of the molecule is COc1ccc(-c2noc([C@@H]3C[C@@H](O)CN3C(=O)c3ccc(Cl)cc3)n2)cc1. The molecular weight excluding hydrogens is 382 g/mol. The van der Waals surface area contributed by atoms with Crippen molar-refractivity contribution >= 4 is 17.5 Å². The minimum Gasteiger partial charge on any atom is -0.497 e. The Morgan fingerprint density at radius 3 is 2.61 bits per heavy atom. The fourth-order valence-corrected chi connectivity index (χ4v) is 3.38. The average molecular weight is 400 g/mol. The molecule has 1 aliphatic rings. The third kappa shape index (κ3) is 3.58. The van der Waals surface area contributed by atoms with E-state index in [0.717, 1.165) is 11.3 Å². The van der Waals surface area contributed by atoms with E-state index < -0.39 is 12.1 Å². The molecule has 1 N–H and O–H groups in total. The second-order valence-corrected chi connectivity index (χ2v) is 6.99. The Kier molecular flexibility index (Phi) is 5.02. The van der Waals surface area contributed by atoms with Gasteiger partial charge in [-0.05, 0) is 48.5 Å². The molecule has 3 aromatic rings. The number of carbonyl (C=O) groups excluding carboxylic acids is 1. The van der Waals surface area contributed by atoms with Gasteiger partial charge in [0.2, 0.25) is 11.7 Å². The van der Waals surface area contributed by atoms with Crippen LogP contribution in [0.1, 0.15) is 28.7 Å². The molecule has 8 heteroatoms. The molecule has 2 heterocycles. The molecule has 0 saturated carbocycles. The normalized spacial score (nSPS) is 19.0. The zero-order valence-corrected chi connectivity index (χ0v) is 15.8. The Bertz CT molecular complexity index is 972. The maximum Gasteiger partial charge on any atom is 0.254 e. The number of aromatic nitrogens is 2. The number of aliphatic hydroxyl groups is 1. The van der Waals surface area contributed by atoms with Crippen LogP contribution in [0.4, 0.5) is 0 Å². The number of β-amino-alcohol motifs (C(OH)–C–C–N with tert-alkyl or cyclic N) is 1. The van der Waals surface area contributed by atoms with Crippen LogP contribution >= 0.6 is 11.6 Å². The lowest BCUT2D eigenvalue weighted by Gasteiger charge is -2.21. The first-order chi connectivity index (χ1) is 13.5. The quantitative estimate of drug-likeness (QED) is 0.723. The molecule has 0 spiro atoms. The average Bonchev–Trinajstić information content (AvgIpc) is 3.35. The van der Waals surface area contributed by atoms with Crippen molar-refractivity contribution in [2.45, 2.75) is 18.6 Å². The lowest BCUT2D eigenvalue weighted by Crippen LogP contribution is -2.31. The molecule has 4 rings (SSSR count). The van der Waals surface area contributed by atoms with Crippen molar-refractivity contribution in [2.24, 2.45) is 0 Å². The van der Waals surface area contributed by atoms with Crippen molar-refractivity contribution in [1.82, 2.24) is 15.0 Å². The van der Waals surface area contributed by atoms with E-state index >= 15 is 0 Å². The Hall–Kier alpha value is -2.90. The van der Waals surface area contributed by atoms with Gasteiger partial charge in [-0.3, -0.25) is 4.79 Å². The molecule has 2 atom stereocenters. The Balaban J connectivity index is 1.59. The van der Waals surface area contributed by atoms with Crippen molar-refractivity contribution in [1.29, 1.82) is 0 Å². The molecule has 1 aliphatic heterocycles. The van der Waals surface area contributed by atoms with Crippen LogP contribution in [0, 0.1) is 0 Å². The third-order valence-corrected chi connectivity index (χ3v) is 4.96. The van der Waals surface area contributed by atoms with Gasteiger partial charge in [-0.15, -0.1) is 0 Å². The fourth-order valence-electron chi connectivity index (χ4n) is 3.26. The lowest BCUT2D eigenvalue weighted by atomic mass is 10.1. The highest BCUT2D eigenvalue weighted by Gasteiger charge is 2.39. The van der Waals surface area contributed by atoms with E-state index in [1.54, 1.807) is 48.4 Å². The molecular formula is C20H18ClN3O4. The van der Waals surface area contributed by atoms with Gasteiger partial charge in [0.15, 0.2) is 0 Å². The molecule has 1 amide bonds. The number of aliphatic hydroxyl groups excluding tert-OH is 1. The number of hydrogen-bond acceptors (Lipinski definition) is 6. The summed E-state index contributed by atoms with van der Waals surface area (Å²) < 4.78 is 10.6. The number of halogens is 1. The monoisotopic (exact) mass is 399 g/mol. The highest BCUT2D eigenvalue weighted by molar-refractivity contribution is 6.30. The fraction of sp³-hybridized carbons (Fsp3) is 0.250. The topological polar surface area (TPSA) is 88.7 Å². The molecule has 0 unspecified atom stereocenters. The highest BCUT2D eigenvalue weighted by atomic mass is 35.5. The van der Waals surface area contributed by atoms with Gasteiger partial charge in [-0.2, -0.15) is 4.98 Å².